The first-order valence-electron chi connectivity index (χ1n) is 5.80. The standard InChI is InChI=1S/C9H12B2N5O/c1-5(2)16-4-12-7-8(16)13-6(3)14-9(7)17-11-15-10/h4-5,10H,1-3H3/i10D. The van der Waals surface area contributed by atoms with Crippen molar-refractivity contribution < 1.29 is 4.65 Å². The zero-order valence-corrected chi connectivity index (χ0v) is 9.95. The molecule has 6 nitrogen and oxygen atoms in total. The molecule has 85 valence electrons. The molecule has 0 amide bonds. The van der Waals surface area contributed by atoms with Crippen LogP contribution in [0.3, 0.4) is 0 Å². The van der Waals surface area contributed by atoms with Crippen LogP contribution in [0.4, 0.5) is 0 Å². The molecule has 8 heteroatoms. The van der Waals surface area contributed by atoms with E-state index in [-0.39, 0.29) is 6.04 Å². The minimum atomic E-state index is 0.257. The van der Waals surface area contributed by atoms with Crippen LogP contribution in [-0.2, 0) is 0 Å². The van der Waals surface area contributed by atoms with Crippen molar-refractivity contribution in [3.05, 3.63) is 12.2 Å². The van der Waals surface area contributed by atoms with Crippen molar-refractivity contribution in [1.29, 1.82) is 1.34 Å². The molecule has 2 aromatic rings. The monoisotopic (exact) mass is 229 g/mol. The number of aryl methyl sites for hydroxylation is 1. The maximum atomic E-state index is 6.78. The molecule has 0 unspecified atom stereocenters. The van der Waals surface area contributed by atoms with Gasteiger partial charge in [0.05, 0.1) is 0 Å². The molecule has 17 heavy (non-hydrogen) atoms. The SMILES string of the molecule is [2H][B]N=BOc1nc(C)nc2c1ncn2C(C)C. The van der Waals surface area contributed by atoms with E-state index in [1.54, 1.807) is 13.3 Å². The van der Waals surface area contributed by atoms with Crippen molar-refractivity contribution in [3.63, 3.8) is 0 Å². The van der Waals surface area contributed by atoms with Gasteiger partial charge in [-0.05, 0) is 0 Å². The van der Waals surface area contributed by atoms with E-state index in [0.717, 1.165) is 20.9 Å². The Balaban J connectivity index is 2.50. The molecule has 0 spiro atoms. The van der Waals surface area contributed by atoms with Crippen molar-refractivity contribution in [2.24, 2.45) is 4.81 Å². The fourth-order valence-electron chi connectivity index (χ4n) is 1.53. The summed E-state index contributed by atoms with van der Waals surface area (Å²) in [5, 5.41) is 0. The average Bonchev–Trinajstić information content (AvgIpc) is 2.72. The van der Waals surface area contributed by atoms with E-state index < -0.39 is 0 Å². The van der Waals surface area contributed by atoms with E-state index in [9.17, 15) is 0 Å². The Morgan fingerprint density at radius 3 is 3.12 bits per heavy atom. The quantitative estimate of drug-likeness (QED) is 0.724. The fourth-order valence-corrected chi connectivity index (χ4v) is 1.53. The second kappa shape index (κ2) is 4.65. The Bertz CT molecular complexity index is 586. The maximum absolute atomic E-state index is 6.78. The Kier molecular flexibility index (Phi) is 2.85. The van der Waals surface area contributed by atoms with Gasteiger partial charge in [0.15, 0.2) is 0 Å². The molecule has 0 aliphatic carbocycles. The molecule has 0 aromatic carbocycles. The summed E-state index contributed by atoms with van der Waals surface area (Å²) < 4.78 is 14.0. The van der Waals surface area contributed by atoms with Crippen LogP contribution in [0, 0.1) is 6.92 Å². The van der Waals surface area contributed by atoms with Gasteiger partial charge in [-0.1, -0.05) is 0 Å². The summed E-state index contributed by atoms with van der Waals surface area (Å²) in [5.41, 5.74) is 1.32. The number of rotatable bonds is 4. The molecule has 0 fully saturated rings. The van der Waals surface area contributed by atoms with E-state index >= 15 is 0 Å². The molecule has 0 N–H and O–H groups in total. The van der Waals surface area contributed by atoms with Gasteiger partial charge in [-0.15, -0.1) is 0 Å². The molecule has 0 saturated heterocycles. The van der Waals surface area contributed by atoms with Crippen LogP contribution in [0.1, 0.15) is 25.7 Å². The van der Waals surface area contributed by atoms with Crippen molar-refractivity contribution in [3.8, 4) is 5.88 Å². The van der Waals surface area contributed by atoms with Crippen LogP contribution in [0.15, 0.2) is 11.1 Å². The van der Waals surface area contributed by atoms with E-state index in [2.05, 4.69) is 33.6 Å². The van der Waals surface area contributed by atoms with E-state index in [4.69, 9.17) is 5.99 Å². The Labute approximate surface area is 102 Å². The molecule has 0 aliphatic heterocycles. The van der Waals surface area contributed by atoms with Gasteiger partial charge in [-0.25, -0.2) is 0 Å². The van der Waals surface area contributed by atoms with Gasteiger partial charge in [0.2, 0.25) is 0 Å². The number of hydrogen-bond acceptors (Lipinski definition) is 5. The van der Waals surface area contributed by atoms with Crippen LogP contribution in [0.2, 0.25) is 0 Å². The summed E-state index contributed by atoms with van der Waals surface area (Å²) in [6.45, 7) is 5.89. The van der Waals surface area contributed by atoms with Gasteiger partial charge in [0.1, 0.15) is 0 Å². The first-order chi connectivity index (χ1) is 8.63. The molecule has 2 heterocycles. The number of nitrogens with zero attached hydrogens (tertiary/aromatic N) is 5. The van der Waals surface area contributed by atoms with Crippen molar-refractivity contribution in [2.75, 3.05) is 0 Å². The van der Waals surface area contributed by atoms with Crippen LogP contribution < -0.4 is 4.65 Å². The van der Waals surface area contributed by atoms with Gasteiger partial charge in [0.25, 0.3) is 0 Å². The molecule has 1 radical (unpaired) electrons. The Morgan fingerprint density at radius 2 is 2.41 bits per heavy atom. The first kappa shape index (κ1) is 10.4. The second-order valence-electron chi connectivity index (χ2n) is 3.87. The number of aromatic nitrogens is 4. The summed E-state index contributed by atoms with van der Waals surface area (Å²) in [6, 6.07) is 0.257. The average molecular weight is 229 g/mol. The van der Waals surface area contributed by atoms with E-state index in [1.807, 2.05) is 4.57 Å². The molecule has 0 atom stereocenters. The van der Waals surface area contributed by atoms with Crippen LogP contribution in [0.25, 0.3) is 11.2 Å². The molecule has 0 aliphatic rings. The summed E-state index contributed by atoms with van der Waals surface area (Å²) in [4.78, 5) is 16.3. The Morgan fingerprint density at radius 1 is 1.59 bits per heavy atom. The zero-order chi connectivity index (χ0) is 13.1. The van der Waals surface area contributed by atoms with Crippen LogP contribution in [0.5, 0.6) is 5.88 Å². The summed E-state index contributed by atoms with van der Waals surface area (Å²) in [7, 11) is 2.04. The van der Waals surface area contributed by atoms with Gasteiger partial charge < -0.3 is 0 Å². The summed E-state index contributed by atoms with van der Waals surface area (Å²) in [6.07, 6.45) is 1.71. The first-order valence-corrected chi connectivity index (χ1v) is 5.23. The van der Waals surface area contributed by atoms with E-state index in [1.165, 1.54) is 0 Å². The summed E-state index contributed by atoms with van der Waals surface area (Å²) >= 11 is 0. The molecule has 2 rings (SSSR count). The van der Waals surface area contributed by atoms with Crippen LogP contribution >= 0.6 is 0 Å². The zero-order valence-electron chi connectivity index (χ0n) is 11.0. The third-order valence-electron chi connectivity index (χ3n) is 2.28. The topological polar surface area (TPSA) is 65.2 Å². The van der Waals surface area contributed by atoms with Crippen molar-refractivity contribution >= 4 is 26.4 Å². The predicted molar refractivity (Wildman–Crippen MR) is 66.4 cm³/mol. The van der Waals surface area contributed by atoms with Gasteiger partial charge in [-0.3, -0.25) is 0 Å². The fraction of sp³-hybridized carbons (Fsp3) is 0.444. The second-order valence-corrected chi connectivity index (χ2v) is 3.87. The molecule has 0 saturated carbocycles. The van der Waals surface area contributed by atoms with Crippen molar-refractivity contribution in [1.82, 2.24) is 19.5 Å². The summed E-state index contributed by atoms with van der Waals surface area (Å²) in [5.74, 6) is 0.950. The number of fused-ring (bicyclic) bond motifs is 1. The molecular weight excluding hydrogens is 216 g/mol. The third kappa shape index (κ3) is 2.20. The molecular formula is C9H12B2N5O. The van der Waals surface area contributed by atoms with Crippen LogP contribution in [-0.4, -0.2) is 36.1 Å². The predicted octanol–water partition coefficient (Wildman–Crippen LogP) is 0.713. The van der Waals surface area contributed by atoms with Gasteiger partial charge in [-0.2, -0.15) is 0 Å². The molecule has 0 bridgehead atoms. The van der Waals surface area contributed by atoms with Gasteiger partial charge in [0, 0.05) is 0 Å². The van der Waals surface area contributed by atoms with Crippen molar-refractivity contribution in [2.45, 2.75) is 26.8 Å². The Hall–Kier alpha value is -1.72. The number of hydrogen-bond donors (Lipinski definition) is 0. The number of imidazole rings is 1. The minimum absolute atomic E-state index is 0.257. The van der Waals surface area contributed by atoms with E-state index in [0.29, 0.717) is 17.2 Å². The third-order valence-corrected chi connectivity index (χ3v) is 2.28. The molecule has 2 aromatic heterocycles. The van der Waals surface area contributed by atoms with Gasteiger partial charge >= 0.3 is 102 Å². The normalized spacial score (nSPS) is 11.9.